The minimum Gasteiger partial charge on any atom is -0.342 e. The molecule has 2 saturated heterocycles. The number of amides is 2. The molecule has 0 N–H and O–H groups in total. The van der Waals surface area contributed by atoms with E-state index in [9.17, 15) is 14.0 Å². The maximum absolute atomic E-state index is 13.1. The van der Waals surface area contributed by atoms with Crippen LogP contribution in [0.2, 0.25) is 0 Å². The summed E-state index contributed by atoms with van der Waals surface area (Å²) in [7, 11) is 0. The van der Waals surface area contributed by atoms with Crippen LogP contribution in [0.15, 0.2) is 24.3 Å². The van der Waals surface area contributed by atoms with E-state index in [1.807, 2.05) is 14.7 Å². The third-order valence-corrected chi connectivity index (χ3v) is 5.61. The molecule has 0 radical (unpaired) electrons. The molecule has 3 rings (SSSR count). The summed E-state index contributed by atoms with van der Waals surface area (Å²) in [6.07, 6.45) is 9.11. The number of hydrogen-bond acceptors (Lipinski definition) is 3. The third kappa shape index (κ3) is 5.32. The Morgan fingerprint density at radius 2 is 1.71 bits per heavy atom. The molecule has 5 nitrogen and oxygen atoms in total. The topological polar surface area (TPSA) is 43.9 Å². The average Bonchev–Trinajstić information content (AvgIpc) is 3.24. The SMILES string of the molecule is C#CCN(CC(=O)N1CCC(C(=O)N2CCCC2)CC1)Cc1ccc(F)cc1. The maximum Gasteiger partial charge on any atom is 0.236 e. The van der Waals surface area contributed by atoms with E-state index in [1.165, 1.54) is 12.1 Å². The first kappa shape index (κ1) is 20.3. The van der Waals surface area contributed by atoms with Crippen LogP contribution in [0.5, 0.6) is 0 Å². The first-order chi connectivity index (χ1) is 13.6. The molecule has 2 amide bonds. The zero-order valence-corrected chi connectivity index (χ0v) is 16.3. The summed E-state index contributed by atoms with van der Waals surface area (Å²) in [5, 5.41) is 0. The second-order valence-electron chi connectivity index (χ2n) is 7.66. The van der Waals surface area contributed by atoms with Crippen molar-refractivity contribution in [3.05, 3.63) is 35.6 Å². The lowest BCUT2D eigenvalue weighted by Gasteiger charge is -2.34. The molecule has 2 aliphatic heterocycles. The number of nitrogens with zero attached hydrogens (tertiary/aromatic N) is 3. The van der Waals surface area contributed by atoms with Gasteiger partial charge in [0.15, 0.2) is 0 Å². The molecule has 0 bridgehead atoms. The Kier molecular flexibility index (Phi) is 7.05. The second-order valence-corrected chi connectivity index (χ2v) is 7.66. The van der Waals surface area contributed by atoms with Gasteiger partial charge in [0.1, 0.15) is 5.82 Å². The second kappa shape index (κ2) is 9.70. The Morgan fingerprint density at radius 1 is 1.07 bits per heavy atom. The van der Waals surface area contributed by atoms with E-state index in [2.05, 4.69) is 5.92 Å². The highest BCUT2D eigenvalue weighted by Gasteiger charge is 2.31. The summed E-state index contributed by atoms with van der Waals surface area (Å²) in [6.45, 7) is 4.07. The van der Waals surface area contributed by atoms with Gasteiger partial charge in [-0.25, -0.2) is 4.39 Å². The van der Waals surface area contributed by atoms with Crippen molar-refractivity contribution in [3.63, 3.8) is 0 Å². The largest absolute Gasteiger partial charge is 0.342 e. The molecule has 0 aliphatic carbocycles. The van der Waals surface area contributed by atoms with Crippen LogP contribution in [0.4, 0.5) is 4.39 Å². The van der Waals surface area contributed by atoms with Gasteiger partial charge in [0.25, 0.3) is 0 Å². The monoisotopic (exact) mass is 385 g/mol. The lowest BCUT2D eigenvalue weighted by atomic mass is 9.95. The van der Waals surface area contributed by atoms with Crippen molar-refractivity contribution < 1.29 is 14.0 Å². The molecular weight excluding hydrogens is 357 g/mol. The summed E-state index contributed by atoms with van der Waals surface area (Å²) in [5.41, 5.74) is 0.916. The van der Waals surface area contributed by atoms with E-state index < -0.39 is 0 Å². The normalized spacial score (nSPS) is 17.8. The van der Waals surface area contributed by atoms with Crippen LogP contribution in [-0.2, 0) is 16.1 Å². The number of rotatable bonds is 6. The van der Waals surface area contributed by atoms with Gasteiger partial charge in [-0.3, -0.25) is 14.5 Å². The molecule has 2 aliphatic rings. The van der Waals surface area contributed by atoms with Crippen molar-refractivity contribution in [1.29, 1.82) is 0 Å². The minimum absolute atomic E-state index is 0.0319. The molecule has 0 spiro atoms. The fourth-order valence-electron chi connectivity index (χ4n) is 4.01. The van der Waals surface area contributed by atoms with Crippen LogP contribution in [0.25, 0.3) is 0 Å². The summed E-state index contributed by atoms with van der Waals surface area (Å²) < 4.78 is 13.1. The van der Waals surface area contributed by atoms with Gasteiger partial charge < -0.3 is 9.80 Å². The van der Waals surface area contributed by atoms with Gasteiger partial charge >= 0.3 is 0 Å². The Labute approximate surface area is 166 Å². The van der Waals surface area contributed by atoms with Gasteiger partial charge in [0.2, 0.25) is 11.8 Å². The molecule has 1 aromatic carbocycles. The van der Waals surface area contributed by atoms with Crippen molar-refractivity contribution >= 4 is 11.8 Å². The number of carbonyl (C=O) groups excluding carboxylic acids is 2. The Hall–Kier alpha value is -2.39. The summed E-state index contributed by atoms with van der Waals surface area (Å²) in [6, 6.07) is 6.23. The van der Waals surface area contributed by atoms with E-state index in [0.717, 1.165) is 44.3 Å². The zero-order valence-electron chi connectivity index (χ0n) is 16.3. The first-order valence-electron chi connectivity index (χ1n) is 10.0. The number of piperidine rings is 1. The molecule has 6 heteroatoms. The van der Waals surface area contributed by atoms with Crippen LogP contribution in [0, 0.1) is 24.1 Å². The van der Waals surface area contributed by atoms with Crippen molar-refractivity contribution in [2.45, 2.75) is 32.2 Å². The third-order valence-electron chi connectivity index (χ3n) is 5.61. The molecule has 0 saturated carbocycles. The van der Waals surface area contributed by atoms with E-state index in [0.29, 0.717) is 26.2 Å². The molecule has 2 fully saturated rings. The average molecular weight is 385 g/mol. The van der Waals surface area contributed by atoms with E-state index in [4.69, 9.17) is 6.42 Å². The molecule has 28 heavy (non-hydrogen) atoms. The standard InChI is InChI=1S/C22H28FN3O2/c1-2-11-24(16-18-5-7-20(23)8-6-18)17-21(27)25-14-9-19(10-15-25)22(28)26-12-3-4-13-26/h1,5-8,19H,3-4,9-17H2. The van der Waals surface area contributed by atoms with Crippen molar-refractivity contribution in [2.24, 2.45) is 5.92 Å². The lowest BCUT2D eigenvalue weighted by molar-refractivity contribution is -0.140. The highest BCUT2D eigenvalue weighted by molar-refractivity contribution is 5.81. The molecule has 0 unspecified atom stereocenters. The predicted molar refractivity (Wildman–Crippen MR) is 106 cm³/mol. The van der Waals surface area contributed by atoms with Gasteiger partial charge in [0.05, 0.1) is 13.1 Å². The number of benzene rings is 1. The van der Waals surface area contributed by atoms with Crippen LogP contribution < -0.4 is 0 Å². The molecule has 0 aromatic heterocycles. The number of terminal acetylenes is 1. The van der Waals surface area contributed by atoms with Gasteiger partial charge in [-0.05, 0) is 43.4 Å². The highest BCUT2D eigenvalue weighted by Crippen LogP contribution is 2.22. The van der Waals surface area contributed by atoms with Gasteiger partial charge in [-0.1, -0.05) is 18.1 Å². The lowest BCUT2D eigenvalue weighted by Crippen LogP contribution is -2.46. The summed E-state index contributed by atoms with van der Waals surface area (Å²) >= 11 is 0. The highest BCUT2D eigenvalue weighted by atomic mass is 19.1. The fraction of sp³-hybridized carbons (Fsp3) is 0.545. The molecule has 150 valence electrons. The number of hydrogen-bond donors (Lipinski definition) is 0. The van der Waals surface area contributed by atoms with E-state index >= 15 is 0 Å². The van der Waals surface area contributed by atoms with Crippen LogP contribution in [0.3, 0.4) is 0 Å². The van der Waals surface area contributed by atoms with Crippen LogP contribution >= 0.6 is 0 Å². The smallest absolute Gasteiger partial charge is 0.236 e. The van der Waals surface area contributed by atoms with Crippen molar-refractivity contribution in [2.75, 3.05) is 39.3 Å². The quantitative estimate of drug-likeness (QED) is 0.705. The van der Waals surface area contributed by atoms with E-state index in [-0.39, 0.29) is 30.1 Å². The van der Waals surface area contributed by atoms with Crippen molar-refractivity contribution in [1.82, 2.24) is 14.7 Å². The summed E-state index contributed by atoms with van der Waals surface area (Å²) in [5.74, 6) is 2.64. The minimum atomic E-state index is -0.283. The summed E-state index contributed by atoms with van der Waals surface area (Å²) in [4.78, 5) is 30.9. The van der Waals surface area contributed by atoms with Gasteiger partial charge in [0, 0.05) is 38.6 Å². The van der Waals surface area contributed by atoms with Gasteiger partial charge in [-0.15, -0.1) is 6.42 Å². The van der Waals surface area contributed by atoms with Crippen LogP contribution in [-0.4, -0.2) is 65.8 Å². The Bertz CT molecular complexity index is 714. The number of likely N-dealkylation sites (tertiary alicyclic amines) is 2. The number of carbonyl (C=O) groups is 2. The van der Waals surface area contributed by atoms with Gasteiger partial charge in [-0.2, -0.15) is 0 Å². The molecule has 2 heterocycles. The number of halogens is 1. The van der Waals surface area contributed by atoms with Crippen LogP contribution in [0.1, 0.15) is 31.2 Å². The zero-order chi connectivity index (χ0) is 19.9. The predicted octanol–water partition coefficient (Wildman–Crippen LogP) is 2.12. The first-order valence-corrected chi connectivity index (χ1v) is 10.0. The molecule has 1 aromatic rings. The maximum atomic E-state index is 13.1. The fourth-order valence-corrected chi connectivity index (χ4v) is 4.01. The molecule has 0 atom stereocenters. The van der Waals surface area contributed by atoms with Crippen molar-refractivity contribution in [3.8, 4) is 12.3 Å². The Balaban J connectivity index is 1.49. The van der Waals surface area contributed by atoms with E-state index in [1.54, 1.807) is 12.1 Å². The molecular formula is C22H28FN3O2. The Morgan fingerprint density at radius 3 is 2.32 bits per heavy atom.